The van der Waals surface area contributed by atoms with Gasteiger partial charge in [-0.2, -0.15) is 0 Å². The minimum Gasteiger partial charge on any atom is -0.496 e. The standard InChI is InChI=1S/C21H34N6O4.C4H10.C2H4O2.C2H6/c1-16-7-6-11-26(16)20(28)14-24-21(29)31-12-5-3-4-8-17-13-18(27(23)25-15-22)9-10-19(17)30-2;1-4(2)3;1-4-2-3;1-2/h4,8-10,13,16,25H,3,5-7,11-12,14-15,22-23H2,1-2H3,(H,24,29);4H,1-3H3;2H,1H3;1-2H3/b8-4+;;;. The van der Waals surface area contributed by atoms with Gasteiger partial charge in [-0.15, -0.1) is 0 Å². The van der Waals surface area contributed by atoms with Crippen LogP contribution in [0.3, 0.4) is 0 Å². The zero-order valence-electron chi connectivity index (χ0n) is 26.3. The Kier molecular flexibility index (Phi) is 24.9. The highest BCUT2D eigenvalue weighted by Gasteiger charge is 2.25. The number of rotatable bonds is 12. The molecule has 12 heteroatoms. The molecule has 1 unspecified atom stereocenters. The first-order valence-corrected chi connectivity index (χ1v) is 14.1. The van der Waals surface area contributed by atoms with E-state index in [9.17, 15) is 9.59 Å². The molecule has 1 fully saturated rings. The molecule has 236 valence electrons. The van der Waals surface area contributed by atoms with Crippen molar-refractivity contribution < 1.29 is 28.6 Å². The molecule has 0 saturated carbocycles. The molecule has 6 N–H and O–H groups in total. The Morgan fingerprint density at radius 2 is 1.85 bits per heavy atom. The summed E-state index contributed by atoms with van der Waals surface area (Å²) in [4.78, 5) is 34.6. The lowest BCUT2D eigenvalue weighted by Crippen LogP contribution is -2.46. The summed E-state index contributed by atoms with van der Waals surface area (Å²) in [7, 11) is 2.92. The number of likely N-dealkylation sites (tertiary alicyclic amines) is 1. The summed E-state index contributed by atoms with van der Waals surface area (Å²) in [5, 5.41) is 3.87. The van der Waals surface area contributed by atoms with Gasteiger partial charge in [-0.3, -0.25) is 9.59 Å². The van der Waals surface area contributed by atoms with Crippen LogP contribution in [0.2, 0.25) is 0 Å². The summed E-state index contributed by atoms with van der Waals surface area (Å²) >= 11 is 0. The van der Waals surface area contributed by atoms with Crippen molar-refractivity contribution >= 4 is 30.2 Å². The lowest BCUT2D eigenvalue weighted by molar-refractivity contribution is -0.130. The number of amides is 2. The highest BCUT2D eigenvalue weighted by molar-refractivity contribution is 5.82. The maximum atomic E-state index is 12.1. The highest BCUT2D eigenvalue weighted by atomic mass is 16.5. The van der Waals surface area contributed by atoms with E-state index in [0.717, 1.165) is 36.6 Å². The van der Waals surface area contributed by atoms with Crippen LogP contribution in [0.4, 0.5) is 10.5 Å². The number of unbranched alkanes of at least 4 members (excludes halogenated alkanes) is 1. The van der Waals surface area contributed by atoms with Gasteiger partial charge in [0.25, 0.3) is 6.47 Å². The zero-order valence-corrected chi connectivity index (χ0v) is 26.3. The van der Waals surface area contributed by atoms with Gasteiger partial charge in [-0.25, -0.2) is 21.2 Å². The number of anilines is 1. The van der Waals surface area contributed by atoms with Crippen molar-refractivity contribution in [3.05, 3.63) is 29.8 Å². The summed E-state index contributed by atoms with van der Waals surface area (Å²) in [5.41, 5.74) is 9.85. The molecule has 0 spiro atoms. The van der Waals surface area contributed by atoms with E-state index in [1.165, 1.54) is 12.2 Å². The van der Waals surface area contributed by atoms with E-state index in [4.69, 9.17) is 25.8 Å². The lowest BCUT2D eigenvalue weighted by atomic mass is 10.1. The van der Waals surface area contributed by atoms with Crippen LogP contribution in [0.25, 0.3) is 6.08 Å². The first kappa shape index (κ1) is 39.8. The predicted octanol–water partition coefficient (Wildman–Crippen LogP) is 3.80. The van der Waals surface area contributed by atoms with Gasteiger partial charge in [0.15, 0.2) is 0 Å². The topological polar surface area (TPSA) is 161 Å². The molecule has 0 radical (unpaired) electrons. The summed E-state index contributed by atoms with van der Waals surface area (Å²) in [5.74, 6) is 7.35. The number of hydrazine groups is 2. The van der Waals surface area contributed by atoms with Crippen LogP contribution in [0.1, 0.15) is 72.8 Å². The van der Waals surface area contributed by atoms with Crippen molar-refractivity contribution in [3.63, 3.8) is 0 Å². The van der Waals surface area contributed by atoms with Crippen LogP contribution in [-0.4, -0.2) is 70.0 Å². The fourth-order valence-electron chi connectivity index (χ4n) is 3.37. The number of nitrogens with two attached hydrogens (primary N) is 2. The Bertz CT molecular complexity index is 865. The SMILES string of the molecule is CC.CC(C)C.COC=O.COc1ccc(N(N)NCN)cc1/C=C/CCCOC(=O)NCC(=O)N1CCCC1C. The Morgan fingerprint density at radius 3 is 2.37 bits per heavy atom. The molecule has 41 heavy (non-hydrogen) atoms. The molecule has 12 nitrogen and oxygen atoms in total. The van der Waals surface area contributed by atoms with Crippen LogP contribution in [-0.2, 0) is 19.1 Å². The third-order valence-corrected chi connectivity index (χ3v) is 5.15. The molecule has 1 atom stereocenters. The second kappa shape index (κ2) is 25.6. The monoisotopic (exact) mass is 582 g/mol. The number of nitrogens with one attached hydrogen (secondary N) is 2. The second-order valence-electron chi connectivity index (χ2n) is 9.33. The van der Waals surface area contributed by atoms with Gasteiger partial charge >= 0.3 is 6.09 Å². The molecule has 1 aliphatic heterocycles. The molecule has 0 bridgehead atoms. The molecule has 1 saturated heterocycles. The maximum Gasteiger partial charge on any atom is 0.407 e. The lowest BCUT2D eigenvalue weighted by Gasteiger charge is -2.21. The largest absolute Gasteiger partial charge is 0.496 e. The van der Waals surface area contributed by atoms with Crippen molar-refractivity contribution in [1.82, 2.24) is 15.6 Å². The molecule has 1 aromatic carbocycles. The number of methoxy groups -OCH3 is 2. The molecular formula is C29H54N6O6. The molecule has 1 aliphatic rings. The van der Waals surface area contributed by atoms with Crippen molar-refractivity contribution in [2.24, 2.45) is 17.5 Å². The van der Waals surface area contributed by atoms with Gasteiger partial charge < -0.3 is 30.2 Å². The maximum absolute atomic E-state index is 12.1. The smallest absolute Gasteiger partial charge is 0.407 e. The van der Waals surface area contributed by atoms with Crippen LogP contribution in [0, 0.1) is 5.92 Å². The van der Waals surface area contributed by atoms with E-state index < -0.39 is 6.09 Å². The molecule has 1 aromatic rings. The first-order chi connectivity index (χ1) is 19.6. The summed E-state index contributed by atoms with van der Waals surface area (Å²) in [6.07, 6.45) is 6.70. The number of ether oxygens (including phenoxy) is 3. The average Bonchev–Trinajstić information content (AvgIpc) is 3.40. The fraction of sp³-hybridized carbons (Fsp3) is 0.621. The van der Waals surface area contributed by atoms with Gasteiger partial charge in [0, 0.05) is 18.2 Å². The number of hydrogen-bond donors (Lipinski definition) is 4. The van der Waals surface area contributed by atoms with Gasteiger partial charge in [0.05, 0.1) is 33.2 Å². The number of benzene rings is 1. The first-order valence-electron chi connectivity index (χ1n) is 14.1. The molecule has 1 heterocycles. The van der Waals surface area contributed by atoms with E-state index >= 15 is 0 Å². The number of hydrogen-bond acceptors (Lipinski definition) is 10. The Morgan fingerprint density at radius 1 is 1.22 bits per heavy atom. The molecule has 0 aliphatic carbocycles. The third-order valence-electron chi connectivity index (χ3n) is 5.15. The number of carbonyl (C=O) groups excluding carboxylic acids is 3. The third kappa shape index (κ3) is 19.4. The van der Waals surface area contributed by atoms with Crippen molar-refractivity contribution in [2.75, 3.05) is 45.7 Å². The summed E-state index contributed by atoms with van der Waals surface area (Å²) in [6, 6.07) is 5.76. The normalized spacial score (nSPS) is 13.5. The zero-order chi connectivity index (χ0) is 31.6. The van der Waals surface area contributed by atoms with Crippen molar-refractivity contribution in [1.29, 1.82) is 0 Å². The number of alkyl carbamates (subject to hydrolysis) is 1. The van der Waals surface area contributed by atoms with Crippen molar-refractivity contribution in [2.45, 2.75) is 73.3 Å². The minimum absolute atomic E-state index is 0.0314. The molecular weight excluding hydrogens is 528 g/mol. The summed E-state index contributed by atoms with van der Waals surface area (Å²) < 4.78 is 14.4. The second-order valence-corrected chi connectivity index (χ2v) is 9.33. The minimum atomic E-state index is -0.575. The van der Waals surface area contributed by atoms with Crippen LogP contribution < -0.4 is 32.2 Å². The van der Waals surface area contributed by atoms with Crippen LogP contribution in [0.15, 0.2) is 24.3 Å². The molecule has 2 amide bonds. The molecule has 0 aromatic heterocycles. The Hall–Kier alpha value is -3.35. The highest BCUT2D eigenvalue weighted by Crippen LogP contribution is 2.25. The Balaban J connectivity index is 0. The fourth-order valence-corrected chi connectivity index (χ4v) is 3.37. The van der Waals surface area contributed by atoms with Gasteiger partial charge in [0.2, 0.25) is 5.91 Å². The van der Waals surface area contributed by atoms with Crippen molar-refractivity contribution in [3.8, 4) is 5.75 Å². The van der Waals surface area contributed by atoms with Gasteiger partial charge in [-0.05, 0) is 56.7 Å². The van der Waals surface area contributed by atoms with E-state index in [1.54, 1.807) is 12.0 Å². The predicted molar refractivity (Wildman–Crippen MR) is 165 cm³/mol. The van der Waals surface area contributed by atoms with E-state index in [1.807, 2.05) is 51.1 Å². The number of allylic oxidation sites excluding steroid dienone is 1. The average molecular weight is 583 g/mol. The summed E-state index contributed by atoms with van der Waals surface area (Å²) in [6.45, 7) is 14.1. The quantitative estimate of drug-likeness (QED) is 0.0937. The van der Waals surface area contributed by atoms with Crippen LogP contribution >= 0.6 is 0 Å². The van der Waals surface area contributed by atoms with Gasteiger partial charge in [-0.1, -0.05) is 46.8 Å². The number of carbonyl (C=O) groups is 3. The number of nitrogens with zero attached hydrogens (tertiary/aromatic N) is 2. The molecule has 2 rings (SSSR count). The van der Waals surface area contributed by atoms with E-state index in [-0.39, 0.29) is 31.8 Å². The van der Waals surface area contributed by atoms with Crippen LogP contribution in [0.5, 0.6) is 5.75 Å². The Labute approximate surface area is 246 Å². The van der Waals surface area contributed by atoms with E-state index in [0.29, 0.717) is 25.1 Å². The van der Waals surface area contributed by atoms with Gasteiger partial charge in [0.1, 0.15) is 12.3 Å². The van der Waals surface area contributed by atoms with E-state index in [2.05, 4.69) is 36.3 Å².